The molecule has 0 amide bonds. The zero-order chi connectivity index (χ0) is 23.8. The highest BCUT2D eigenvalue weighted by atomic mass is 32.1. The first-order valence-corrected chi connectivity index (χ1v) is 16.2. The Balaban J connectivity index is 1.99. The third kappa shape index (κ3) is 4.64. The van der Waals surface area contributed by atoms with Gasteiger partial charge >= 0.3 is 17.1 Å². The van der Waals surface area contributed by atoms with Crippen LogP contribution in [0.1, 0.15) is 62.3 Å². The van der Waals surface area contributed by atoms with Gasteiger partial charge in [0, 0.05) is 12.4 Å². The van der Waals surface area contributed by atoms with Crippen molar-refractivity contribution in [3.8, 4) is 0 Å². The van der Waals surface area contributed by atoms with E-state index in [1.54, 1.807) is 23.3 Å². The molecule has 182 valence electrons. The van der Waals surface area contributed by atoms with Crippen molar-refractivity contribution in [3.63, 3.8) is 0 Å². The van der Waals surface area contributed by atoms with E-state index in [0.29, 0.717) is 22.9 Å². The van der Waals surface area contributed by atoms with E-state index >= 15 is 0 Å². The van der Waals surface area contributed by atoms with Gasteiger partial charge in [-0.05, 0) is 41.3 Å². The molecular weight excluding hydrogens is 460 g/mol. The van der Waals surface area contributed by atoms with Crippen LogP contribution in [0.4, 0.5) is 0 Å². The van der Waals surface area contributed by atoms with E-state index in [1.165, 1.54) is 0 Å². The van der Waals surface area contributed by atoms with E-state index in [9.17, 15) is 0 Å². The lowest BCUT2D eigenvalue weighted by Gasteiger charge is -2.51. The molecule has 0 aromatic carbocycles. The maximum Gasteiger partial charge on any atom is 0.335 e. The van der Waals surface area contributed by atoms with Crippen LogP contribution in [0, 0.1) is 0 Å². The fraction of sp³-hybridized carbons (Fsp3) is 0.818. The summed E-state index contributed by atoms with van der Waals surface area (Å²) in [6.45, 7) is 20.2. The Morgan fingerprint density at radius 1 is 1.03 bits per heavy atom. The number of nitrogens with zero attached hydrogens (tertiary/aromatic N) is 2. The molecule has 1 aromatic heterocycles. The second kappa shape index (κ2) is 9.93. The Labute approximate surface area is 200 Å². The van der Waals surface area contributed by atoms with Crippen LogP contribution in [0.5, 0.6) is 0 Å². The second-order valence-electron chi connectivity index (χ2n) is 10.3. The standard InChI is InChI=1S/C22H40N2O5SSi2/c1-14(2)31(15(3)4)25-12-19-21(28-32(29-31,16(5)6)17(7)8)20(18(9)26-19)27-22(30)24-11-10-23-13-24/h10-11,13-21H,12H2,1-9H3/t18-,19+,20+,21?/m0/s1. The van der Waals surface area contributed by atoms with Gasteiger partial charge in [0.05, 0.1) is 12.7 Å². The molecule has 0 N–H and O–H groups in total. The van der Waals surface area contributed by atoms with Gasteiger partial charge in [0.25, 0.3) is 5.17 Å². The normalized spacial score (nSPS) is 29.9. The van der Waals surface area contributed by atoms with Crippen LogP contribution in [0.3, 0.4) is 0 Å². The zero-order valence-corrected chi connectivity index (χ0v) is 23.7. The summed E-state index contributed by atoms with van der Waals surface area (Å²) in [5, 5.41) is 0.338. The van der Waals surface area contributed by atoms with Crippen LogP contribution in [-0.2, 0) is 22.4 Å². The summed E-state index contributed by atoms with van der Waals surface area (Å²) >= 11 is 5.53. The quantitative estimate of drug-likeness (QED) is 0.409. The Morgan fingerprint density at radius 3 is 2.12 bits per heavy atom. The van der Waals surface area contributed by atoms with Gasteiger partial charge in [0.15, 0.2) is 6.10 Å². The predicted octanol–water partition coefficient (Wildman–Crippen LogP) is 5.15. The number of ether oxygens (including phenoxy) is 2. The average molecular weight is 501 g/mol. The summed E-state index contributed by atoms with van der Waals surface area (Å²) in [6.07, 6.45) is 4.02. The molecule has 32 heavy (non-hydrogen) atoms. The molecule has 0 aliphatic carbocycles. The molecule has 7 nitrogen and oxygen atoms in total. The van der Waals surface area contributed by atoms with E-state index in [-0.39, 0.29) is 35.5 Å². The SMILES string of the molecule is CC(C)[Si]1(C(C)C)OC[C@H]2O[C@@H](C)[C@@H](OC(=S)n3ccnc3)C2O[Si](C(C)C)(C(C)C)O1. The fourth-order valence-corrected chi connectivity index (χ4v) is 16.5. The highest BCUT2D eigenvalue weighted by Gasteiger charge is 2.61. The van der Waals surface area contributed by atoms with Gasteiger partial charge < -0.3 is 22.4 Å². The number of rotatable bonds is 5. The lowest BCUT2D eigenvalue weighted by molar-refractivity contribution is -0.0359. The minimum absolute atomic E-state index is 0.187. The van der Waals surface area contributed by atoms with E-state index < -0.39 is 17.1 Å². The van der Waals surface area contributed by atoms with Crippen LogP contribution in [0.15, 0.2) is 18.7 Å². The van der Waals surface area contributed by atoms with E-state index in [2.05, 4.69) is 60.4 Å². The summed E-state index contributed by atoms with van der Waals surface area (Å²) in [5.74, 6) is 0. The Bertz CT molecular complexity index is 758. The second-order valence-corrected chi connectivity index (χ2v) is 19.4. The Kier molecular flexibility index (Phi) is 8.06. The van der Waals surface area contributed by atoms with Crippen molar-refractivity contribution in [3.05, 3.63) is 18.7 Å². The molecular formula is C22H40N2O5SSi2. The minimum Gasteiger partial charge on any atom is -0.462 e. The zero-order valence-electron chi connectivity index (χ0n) is 20.9. The molecule has 3 rings (SSSR count). The lowest BCUT2D eigenvalue weighted by atomic mass is 10.1. The molecule has 2 saturated heterocycles. The lowest BCUT2D eigenvalue weighted by Crippen LogP contribution is -2.66. The smallest absolute Gasteiger partial charge is 0.335 e. The van der Waals surface area contributed by atoms with Gasteiger partial charge in [-0.3, -0.25) is 4.57 Å². The van der Waals surface area contributed by atoms with Crippen LogP contribution in [-0.4, -0.2) is 62.9 Å². The molecule has 2 fully saturated rings. The van der Waals surface area contributed by atoms with Crippen molar-refractivity contribution < 1.29 is 22.4 Å². The number of fused-ring (bicyclic) bond motifs is 1. The van der Waals surface area contributed by atoms with Crippen LogP contribution in [0.25, 0.3) is 0 Å². The van der Waals surface area contributed by atoms with E-state index in [1.807, 2.05) is 6.92 Å². The van der Waals surface area contributed by atoms with E-state index in [4.69, 9.17) is 34.7 Å². The van der Waals surface area contributed by atoms with Gasteiger partial charge in [0.2, 0.25) is 0 Å². The monoisotopic (exact) mass is 500 g/mol. The average Bonchev–Trinajstić information content (AvgIpc) is 3.31. The number of hydrogen-bond acceptors (Lipinski definition) is 7. The minimum atomic E-state index is -2.74. The number of imidazole rings is 1. The predicted molar refractivity (Wildman–Crippen MR) is 133 cm³/mol. The molecule has 0 saturated carbocycles. The van der Waals surface area contributed by atoms with Crippen molar-refractivity contribution >= 4 is 34.5 Å². The van der Waals surface area contributed by atoms with Crippen LogP contribution in [0.2, 0.25) is 22.2 Å². The molecule has 1 aromatic rings. The molecule has 0 spiro atoms. The van der Waals surface area contributed by atoms with Gasteiger partial charge in [-0.2, -0.15) is 0 Å². The third-order valence-electron chi connectivity index (χ3n) is 6.83. The molecule has 4 atom stereocenters. The van der Waals surface area contributed by atoms with Crippen molar-refractivity contribution in [2.75, 3.05) is 6.61 Å². The summed E-state index contributed by atoms with van der Waals surface area (Å²) in [6, 6.07) is 0. The number of aromatic nitrogens is 2. The van der Waals surface area contributed by atoms with Crippen molar-refractivity contribution in [1.29, 1.82) is 0 Å². The Morgan fingerprint density at radius 2 is 1.62 bits per heavy atom. The van der Waals surface area contributed by atoms with Crippen molar-refractivity contribution in [2.45, 2.75) is 109 Å². The van der Waals surface area contributed by atoms with Gasteiger partial charge in [-0.15, -0.1) is 0 Å². The molecule has 1 unspecified atom stereocenters. The largest absolute Gasteiger partial charge is 0.462 e. The number of hydrogen-bond donors (Lipinski definition) is 0. The first-order chi connectivity index (χ1) is 14.9. The van der Waals surface area contributed by atoms with Crippen LogP contribution >= 0.6 is 12.2 Å². The highest BCUT2D eigenvalue weighted by Crippen LogP contribution is 2.47. The summed E-state index contributed by atoms with van der Waals surface area (Å²) < 4.78 is 35.5. The molecule has 0 bridgehead atoms. The van der Waals surface area contributed by atoms with Gasteiger partial charge in [0.1, 0.15) is 18.5 Å². The first-order valence-electron chi connectivity index (χ1n) is 11.8. The molecule has 2 aliphatic rings. The molecule has 0 radical (unpaired) electrons. The van der Waals surface area contributed by atoms with E-state index in [0.717, 1.165) is 0 Å². The topological polar surface area (TPSA) is 64.0 Å². The third-order valence-corrected chi connectivity index (χ3v) is 17.4. The van der Waals surface area contributed by atoms with Crippen LogP contribution < -0.4 is 0 Å². The summed E-state index contributed by atoms with van der Waals surface area (Å²) in [4.78, 5) is 4.07. The summed E-state index contributed by atoms with van der Waals surface area (Å²) in [5.41, 5.74) is 1.08. The molecule has 10 heteroatoms. The summed E-state index contributed by atoms with van der Waals surface area (Å²) in [7, 11) is -5.32. The van der Waals surface area contributed by atoms with Gasteiger partial charge in [-0.1, -0.05) is 55.4 Å². The van der Waals surface area contributed by atoms with Crippen molar-refractivity contribution in [1.82, 2.24) is 9.55 Å². The fourth-order valence-electron chi connectivity index (χ4n) is 5.03. The van der Waals surface area contributed by atoms with Gasteiger partial charge in [-0.25, -0.2) is 4.98 Å². The Hall–Kier alpha value is -0.626. The maximum atomic E-state index is 7.26. The molecule has 2 aliphatic heterocycles. The maximum absolute atomic E-state index is 7.26. The highest BCUT2D eigenvalue weighted by molar-refractivity contribution is 7.80. The number of thiocarbonyl (C=S) groups is 1. The first kappa shape index (κ1) is 26.0. The molecule has 3 heterocycles. The van der Waals surface area contributed by atoms with Crippen molar-refractivity contribution in [2.24, 2.45) is 0 Å².